The molecule has 0 bridgehead atoms. The van der Waals surface area contributed by atoms with Crippen molar-refractivity contribution in [2.45, 2.75) is 20.8 Å². The van der Waals surface area contributed by atoms with E-state index in [1.54, 1.807) is 4.39 Å². The van der Waals surface area contributed by atoms with Gasteiger partial charge in [0, 0.05) is 0 Å². The van der Waals surface area contributed by atoms with Crippen LogP contribution in [0.15, 0.2) is 0 Å². The topological polar surface area (TPSA) is 43.4 Å². The van der Waals surface area contributed by atoms with E-state index >= 15 is 0 Å². The molecule has 15 heavy (non-hydrogen) atoms. The van der Waals surface area contributed by atoms with Gasteiger partial charge in [0.2, 0.25) is 0 Å². The zero-order valence-corrected chi connectivity index (χ0v) is 11.7. The Morgan fingerprint density at radius 3 is 1.33 bits per heavy atom. The molecule has 0 saturated carbocycles. The molecular formula is C7H18BrF2NO3S. The van der Waals surface area contributed by atoms with Gasteiger partial charge in [-0.25, -0.2) is 0 Å². The quantitative estimate of drug-likeness (QED) is 0.473. The van der Waals surface area contributed by atoms with Gasteiger partial charge in [-0.15, -0.1) is 0 Å². The lowest BCUT2D eigenvalue weighted by Crippen LogP contribution is -3.00. The van der Waals surface area contributed by atoms with Crippen molar-refractivity contribution >= 4 is 10.5 Å². The molecule has 0 atom stereocenters. The Morgan fingerprint density at radius 2 is 1.33 bits per heavy atom. The fraction of sp³-hybridized carbons (Fsp3) is 1.00. The summed E-state index contributed by atoms with van der Waals surface area (Å²) in [6, 6.07) is 0. The van der Waals surface area contributed by atoms with Crippen molar-refractivity contribution in [3.63, 3.8) is 0 Å². The van der Waals surface area contributed by atoms with Crippen LogP contribution in [-0.4, -0.2) is 39.6 Å². The fourth-order valence-electron chi connectivity index (χ4n) is 0.671. The van der Waals surface area contributed by atoms with Crippen molar-refractivity contribution in [2.24, 2.45) is 0 Å². The highest BCUT2D eigenvalue weighted by atomic mass is 79.9. The number of halogens is 3. The summed E-state index contributed by atoms with van der Waals surface area (Å²) < 4.78 is 41.0. The SMILES string of the molecule is CC[N+](C)(CC)CC.O=S(=O)(F)OF.[Br-]. The van der Waals surface area contributed by atoms with Crippen molar-refractivity contribution in [1.29, 1.82) is 0 Å². The average Bonchev–Trinajstić information content (AvgIpc) is 2.16. The molecule has 0 aliphatic rings. The summed E-state index contributed by atoms with van der Waals surface area (Å²) >= 11 is 0. The Bertz CT molecular complexity index is 224. The monoisotopic (exact) mass is 313 g/mol. The maximum Gasteiger partial charge on any atom is 0.468 e. The van der Waals surface area contributed by atoms with Gasteiger partial charge in [-0.1, -0.05) is 3.89 Å². The summed E-state index contributed by atoms with van der Waals surface area (Å²) in [4.78, 5) is 0. The largest absolute Gasteiger partial charge is 1.00 e. The first-order valence-corrected chi connectivity index (χ1v) is 5.63. The third kappa shape index (κ3) is 14.2. The molecule has 0 saturated heterocycles. The maximum atomic E-state index is 10.5. The summed E-state index contributed by atoms with van der Waals surface area (Å²) in [6.45, 7) is 10.5. The molecule has 0 spiro atoms. The predicted molar refractivity (Wildman–Crippen MR) is 50.0 cm³/mol. The molecule has 0 aromatic carbocycles. The van der Waals surface area contributed by atoms with Crippen LogP contribution in [0.3, 0.4) is 0 Å². The van der Waals surface area contributed by atoms with E-state index in [2.05, 4.69) is 27.8 Å². The summed E-state index contributed by atoms with van der Waals surface area (Å²) in [6.07, 6.45) is 0. The molecule has 0 heterocycles. The molecule has 0 N–H and O–H groups in total. The second kappa shape index (κ2) is 9.44. The summed E-state index contributed by atoms with van der Waals surface area (Å²) in [5, 5.41) is 0. The summed E-state index contributed by atoms with van der Waals surface area (Å²) in [5.74, 6) is 0. The lowest BCUT2D eigenvalue weighted by molar-refractivity contribution is -0.904. The molecule has 0 amide bonds. The molecule has 0 aliphatic heterocycles. The highest BCUT2D eigenvalue weighted by molar-refractivity contribution is 7.81. The number of rotatable bonds is 4. The third-order valence-electron chi connectivity index (χ3n) is 2.37. The average molecular weight is 314 g/mol. The molecule has 0 aromatic heterocycles. The van der Waals surface area contributed by atoms with Gasteiger partial charge in [0.15, 0.2) is 0 Å². The Balaban J connectivity index is -0.000000187. The van der Waals surface area contributed by atoms with Crippen LogP contribution >= 0.6 is 0 Å². The van der Waals surface area contributed by atoms with Crippen LogP contribution < -0.4 is 17.0 Å². The smallest absolute Gasteiger partial charge is 0.468 e. The van der Waals surface area contributed by atoms with Gasteiger partial charge < -0.3 is 21.5 Å². The lowest BCUT2D eigenvalue weighted by atomic mass is 10.4. The summed E-state index contributed by atoms with van der Waals surface area (Å²) in [5.41, 5.74) is 0. The number of hydrogen-bond acceptors (Lipinski definition) is 3. The van der Waals surface area contributed by atoms with Crippen LogP contribution in [0, 0.1) is 0 Å². The molecule has 0 fully saturated rings. The van der Waals surface area contributed by atoms with E-state index in [0.717, 1.165) is 0 Å². The molecule has 8 heteroatoms. The normalized spacial score (nSPS) is 11.1. The zero-order chi connectivity index (χ0) is 11.8. The van der Waals surface area contributed by atoms with Gasteiger partial charge in [0.1, 0.15) is 0 Å². The van der Waals surface area contributed by atoms with Crippen molar-refractivity contribution in [3.8, 4) is 0 Å². The zero-order valence-electron chi connectivity index (χ0n) is 9.34. The van der Waals surface area contributed by atoms with Gasteiger partial charge in [-0.3, -0.25) is 0 Å². The Hall–Kier alpha value is 0.210. The third-order valence-corrected chi connectivity index (χ3v) is 2.52. The van der Waals surface area contributed by atoms with Crippen LogP contribution in [-0.2, 0) is 14.9 Å². The van der Waals surface area contributed by atoms with Gasteiger partial charge in [0.25, 0.3) is 0 Å². The first kappa shape index (κ1) is 20.6. The van der Waals surface area contributed by atoms with Crippen molar-refractivity contribution in [3.05, 3.63) is 0 Å². The van der Waals surface area contributed by atoms with Crippen LogP contribution in [0.4, 0.5) is 8.41 Å². The van der Waals surface area contributed by atoms with E-state index in [1.807, 2.05) is 0 Å². The van der Waals surface area contributed by atoms with E-state index in [9.17, 15) is 8.41 Å². The van der Waals surface area contributed by atoms with E-state index in [0.29, 0.717) is 0 Å². The highest BCUT2D eigenvalue weighted by Gasteiger charge is 2.10. The second-order valence-corrected chi connectivity index (χ2v) is 3.94. The molecule has 0 aliphatic carbocycles. The van der Waals surface area contributed by atoms with Gasteiger partial charge in [-0.2, -0.15) is 8.42 Å². The first-order chi connectivity index (χ1) is 6.24. The predicted octanol–water partition coefficient (Wildman–Crippen LogP) is -1.40. The molecule has 0 unspecified atom stereocenters. The van der Waals surface area contributed by atoms with Gasteiger partial charge in [0.05, 0.1) is 26.7 Å². The minimum Gasteiger partial charge on any atom is -1.00 e. The van der Waals surface area contributed by atoms with E-state index < -0.39 is 10.5 Å². The summed E-state index contributed by atoms with van der Waals surface area (Å²) in [7, 11) is -3.04. The minimum absolute atomic E-state index is 0. The van der Waals surface area contributed by atoms with Crippen molar-refractivity contribution < 1.29 is 42.7 Å². The molecule has 0 aromatic rings. The Kier molecular flexibility index (Phi) is 13.0. The number of nitrogens with zero attached hydrogens (tertiary/aromatic N) is 1. The van der Waals surface area contributed by atoms with Crippen LogP contribution in [0.2, 0.25) is 0 Å². The van der Waals surface area contributed by atoms with Crippen molar-refractivity contribution in [2.75, 3.05) is 26.7 Å². The number of quaternary nitrogens is 1. The molecule has 0 radical (unpaired) electrons. The standard InChI is InChI=1S/C7H18N.BrH.F2O3S/c1-5-8(4,6-2)7-3;;1-5-6(2,3)4/h5-7H2,1-4H3;1H;/q+1;;/p-1. The van der Waals surface area contributed by atoms with Crippen LogP contribution in [0.5, 0.6) is 0 Å². The molecule has 96 valence electrons. The van der Waals surface area contributed by atoms with Gasteiger partial charge >= 0.3 is 10.5 Å². The van der Waals surface area contributed by atoms with Crippen LogP contribution in [0.1, 0.15) is 20.8 Å². The van der Waals surface area contributed by atoms with E-state index in [1.165, 1.54) is 24.1 Å². The molecular weight excluding hydrogens is 296 g/mol. The second-order valence-electron chi connectivity index (χ2n) is 3.02. The first-order valence-electron chi connectivity index (χ1n) is 4.33. The fourth-order valence-corrected chi connectivity index (χ4v) is 0.671. The lowest BCUT2D eigenvalue weighted by Gasteiger charge is -2.30. The molecule has 4 nitrogen and oxygen atoms in total. The van der Waals surface area contributed by atoms with Gasteiger partial charge in [-0.05, 0) is 29.7 Å². The van der Waals surface area contributed by atoms with Crippen LogP contribution in [0.25, 0.3) is 0 Å². The highest BCUT2D eigenvalue weighted by Crippen LogP contribution is 1.97. The Labute approximate surface area is 101 Å². The maximum absolute atomic E-state index is 10.5. The van der Waals surface area contributed by atoms with Crippen molar-refractivity contribution in [1.82, 2.24) is 0 Å². The minimum atomic E-state index is -5.33. The van der Waals surface area contributed by atoms with E-state index in [-0.39, 0.29) is 17.0 Å². The van der Waals surface area contributed by atoms with E-state index in [4.69, 9.17) is 8.42 Å². The molecule has 0 rings (SSSR count). The number of hydrogen-bond donors (Lipinski definition) is 0. The Morgan fingerprint density at radius 1 is 1.13 bits per heavy atom.